The molecule has 4 rings (SSSR count). The quantitative estimate of drug-likeness (QED) is 0.270. The van der Waals surface area contributed by atoms with Crippen molar-refractivity contribution in [1.29, 1.82) is 0 Å². The number of aromatic nitrogens is 4. The number of carboxylic acids is 1. The van der Waals surface area contributed by atoms with Gasteiger partial charge in [-0.1, -0.05) is 17.7 Å². The van der Waals surface area contributed by atoms with Gasteiger partial charge in [0.1, 0.15) is 23.7 Å². The number of rotatable bonds is 5. The number of nitrogens with two attached hydrogens (primary N) is 1. The maximum Gasteiger partial charge on any atom is 0.490 e. The van der Waals surface area contributed by atoms with Crippen molar-refractivity contribution in [2.75, 3.05) is 19.9 Å². The molecular weight excluding hydrogens is 572 g/mol. The number of aryl methyl sites for hydroxylation is 1. The summed E-state index contributed by atoms with van der Waals surface area (Å²) in [4.78, 5) is 29.3. The molecule has 0 radical (unpaired) electrons. The topological polar surface area (TPSA) is 145 Å². The molecule has 4 aromatic rings. The second kappa shape index (κ2) is 12.0. The number of carbonyl (C=O) groups excluding carboxylic acids is 1. The first kappa shape index (κ1) is 31.1. The van der Waals surface area contributed by atoms with Crippen LogP contribution >= 0.6 is 11.6 Å². The Balaban J connectivity index is 0.000000587. The number of aliphatic carboxylic acids is 1. The van der Waals surface area contributed by atoms with Crippen molar-refractivity contribution in [2.45, 2.75) is 33.0 Å². The number of alkyl halides is 3. The highest BCUT2D eigenvalue weighted by molar-refractivity contribution is 6.32. The highest BCUT2D eigenvalue weighted by Gasteiger charge is 2.38. The van der Waals surface area contributed by atoms with E-state index in [0.717, 1.165) is 11.1 Å². The fraction of sp³-hybridized carbons (Fsp3) is 0.269. The number of benzene rings is 2. The van der Waals surface area contributed by atoms with Crippen LogP contribution in [0, 0.1) is 19.7 Å². The van der Waals surface area contributed by atoms with Gasteiger partial charge in [0.2, 0.25) is 0 Å². The smallest absolute Gasteiger partial charge is 0.490 e. The average Bonchev–Trinajstić information content (AvgIpc) is 3.26. The Bertz CT molecular complexity index is 1640. The van der Waals surface area contributed by atoms with Gasteiger partial charge in [0, 0.05) is 23.2 Å². The van der Waals surface area contributed by atoms with Gasteiger partial charge in [0.15, 0.2) is 5.65 Å². The van der Waals surface area contributed by atoms with E-state index in [9.17, 15) is 22.4 Å². The van der Waals surface area contributed by atoms with Gasteiger partial charge in [0.25, 0.3) is 5.91 Å². The number of halogens is 5. The van der Waals surface area contributed by atoms with Crippen molar-refractivity contribution >= 4 is 40.3 Å². The van der Waals surface area contributed by atoms with Gasteiger partial charge < -0.3 is 20.9 Å². The maximum absolute atomic E-state index is 14.8. The lowest BCUT2D eigenvalue weighted by molar-refractivity contribution is -0.192. The molecular formula is C26H25ClF4N6O4. The lowest BCUT2D eigenvalue weighted by atomic mass is 9.93. The summed E-state index contributed by atoms with van der Waals surface area (Å²) in [6.07, 6.45) is -3.69. The third-order valence-electron chi connectivity index (χ3n) is 6.19. The molecule has 2 aromatic carbocycles. The number of hydrogen-bond donors (Lipinski definition) is 3. The van der Waals surface area contributed by atoms with Crippen LogP contribution in [0.15, 0.2) is 30.6 Å². The minimum atomic E-state index is -5.08. The molecule has 0 aliphatic heterocycles. The molecule has 0 saturated carbocycles. The van der Waals surface area contributed by atoms with Gasteiger partial charge in [-0.3, -0.25) is 4.79 Å². The van der Waals surface area contributed by atoms with E-state index < -0.39 is 23.9 Å². The molecule has 218 valence electrons. The summed E-state index contributed by atoms with van der Waals surface area (Å²) >= 11 is 6.63. The number of amides is 1. The molecule has 0 spiro atoms. The van der Waals surface area contributed by atoms with E-state index >= 15 is 0 Å². The molecule has 1 amide bonds. The van der Waals surface area contributed by atoms with Gasteiger partial charge in [-0.05, 0) is 50.1 Å². The van der Waals surface area contributed by atoms with Gasteiger partial charge >= 0.3 is 12.1 Å². The SMILES string of the molecule is CNC(=O)c1ccc(-c2c(C)c(Cl)cc(C(C)n3nc(C)c4c(N)ncnc43)c2OC)cc1F.O=C(O)C(F)(F)F. The zero-order chi connectivity index (χ0) is 30.8. The fourth-order valence-electron chi connectivity index (χ4n) is 4.18. The minimum Gasteiger partial charge on any atom is -0.496 e. The molecule has 1 atom stereocenters. The summed E-state index contributed by atoms with van der Waals surface area (Å²) in [7, 11) is 3.00. The summed E-state index contributed by atoms with van der Waals surface area (Å²) in [5, 5.41) is 15.4. The second-order valence-corrected chi connectivity index (χ2v) is 9.13. The van der Waals surface area contributed by atoms with Crippen LogP contribution < -0.4 is 15.8 Å². The van der Waals surface area contributed by atoms with Crippen LogP contribution in [-0.2, 0) is 4.79 Å². The number of methoxy groups -OCH3 is 1. The van der Waals surface area contributed by atoms with Gasteiger partial charge in [-0.2, -0.15) is 18.3 Å². The molecule has 0 aliphatic carbocycles. The number of carboxylic acid groups (broad SMARTS) is 1. The number of ether oxygens (including phenoxy) is 1. The Morgan fingerprint density at radius 2 is 1.83 bits per heavy atom. The lowest BCUT2D eigenvalue weighted by Crippen LogP contribution is -2.21. The van der Waals surface area contributed by atoms with Crippen LogP contribution in [0.4, 0.5) is 23.4 Å². The van der Waals surface area contributed by atoms with Crippen LogP contribution in [0.2, 0.25) is 5.02 Å². The van der Waals surface area contributed by atoms with Gasteiger partial charge in [0.05, 0.1) is 29.8 Å². The van der Waals surface area contributed by atoms with Crippen LogP contribution in [0.1, 0.15) is 40.1 Å². The van der Waals surface area contributed by atoms with Crippen molar-refractivity contribution in [1.82, 2.24) is 25.1 Å². The Kier molecular flexibility index (Phi) is 9.06. The zero-order valence-electron chi connectivity index (χ0n) is 22.4. The fourth-order valence-corrected chi connectivity index (χ4v) is 4.39. The standard InChI is InChI=1S/C24H24ClFN6O2.C2HF3O2/c1-11-17(25)9-16(13(3)32-23-20(12(2)31-32)22(27)29-10-30-23)21(34-5)19(11)14-6-7-15(18(26)8-14)24(33)28-4;3-2(4,5)1(6)7/h6-10,13H,1-5H3,(H,28,33)(H2,27,29,30);(H,6,7). The zero-order valence-corrected chi connectivity index (χ0v) is 23.1. The molecule has 1 unspecified atom stereocenters. The summed E-state index contributed by atoms with van der Waals surface area (Å²) in [6.45, 7) is 5.61. The molecule has 10 nitrogen and oxygen atoms in total. The molecule has 41 heavy (non-hydrogen) atoms. The molecule has 15 heteroatoms. The van der Waals surface area contributed by atoms with E-state index in [1.54, 1.807) is 17.9 Å². The number of nitrogen functional groups attached to an aromatic ring is 1. The Morgan fingerprint density at radius 1 is 1.20 bits per heavy atom. The van der Waals surface area contributed by atoms with Crippen LogP contribution in [0.3, 0.4) is 0 Å². The van der Waals surface area contributed by atoms with Crippen LogP contribution in [-0.4, -0.2) is 57.1 Å². The highest BCUT2D eigenvalue weighted by atomic mass is 35.5. The predicted octanol–water partition coefficient (Wildman–Crippen LogP) is 5.10. The highest BCUT2D eigenvalue weighted by Crippen LogP contribution is 2.43. The Morgan fingerprint density at radius 3 is 2.37 bits per heavy atom. The van der Waals surface area contributed by atoms with E-state index in [4.69, 9.17) is 32.0 Å². The number of fused-ring (bicyclic) bond motifs is 1. The third-order valence-corrected chi connectivity index (χ3v) is 6.58. The molecule has 2 aromatic heterocycles. The van der Waals surface area contributed by atoms with E-state index in [2.05, 4.69) is 20.4 Å². The van der Waals surface area contributed by atoms with Crippen molar-refractivity contribution in [3.8, 4) is 16.9 Å². The lowest BCUT2D eigenvalue weighted by Gasteiger charge is -2.22. The van der Waals surface area contributed by atoms with Gasteiger partial charge in [-0.25, -0.2) is 23.8 Å². The summed E-state index contributed by atoms with van der Waals surface area (Å²) < 4.78 is 54.1. The Labute approximate surface area is 236 Å². The van der Waals surface area contributed by atoms with E-state index in [-0.39, 0.29) is 11.6 Å². The Hall–Kier alpha value is -4.46. The summed E-state index contributed by atoms with van der Waals surface area (Å²) in [5.74, 6) is -3.04. The van der Waals surface area contributed by atoms with Crippen LogP contribution in [0.5, 0.6) is 5.75 Å². The number of anilines is 1. The molecule has 0 bridgehead atoms. The summed E-state index contributed by atoms with van der Waals surface area (Å²) in [6, 6.07) is 5.88. The number of hydrogen-bond acceptors (Lipinski definition) is 7. The van der Waals surface area contributed by atoms with Crippen molar-refractivity contribution in [2.24, 2.45) is 0 Å². The number of nitrogens with zero attached hydrogens (tertiary/aromatic N) is 4. The maximum atomic E-state index is 14.8. The minimum absolute atomic E-state index is 0.0470. The first-order valence-corrected chi connectivity index (χ1v) is 12.2. The molecule has 2 heterocycles. The van der Waals surface area contributed by atoms with E-state index in [1.807, 2.05) is 26.8 Å². The van der Waals surface area contributed by atoms with Crippen molar-refractivity contribution in [3.63, 3.8) is 0 Å². The molecule has 0 aliphatic rings. The van der Waals surface area contributed by atoms with E-state index in [0.29, 0.717) is 44.4 Å². The van der Waals surface area contributed by atoms with Crippen molar-refractivity contribution in [3.05, 3.63) is 63.8 Å². The average molecular weight is 597 g/mol. The van der Waals surface area contributed by atoms with E-state index in [1.165, 1.54) is 25.5 Å². The molecule has 0 saturated heterocycles. The van der Waals surface area contributed by atoms with Crippen LogP contribution in [0.25, 0.3) is 22.2 Å². The largest absolute Gasteiger partial charge is 0.496 e. The second-order valence-electron chi connectivity index (χ2n) is 8.72. The third kappa shape index (κ3) is 6.16. The van der Waals surface area contributed by atoms with Gasteiger partial charge in [-0.15, -0.1) is 0 Å². The molecule has 4 N–H and O–H groups in total. The van der Waals surface area contributed by atoms with Crippen molar-refractivity contribution < 1.29 is 37.0 Å². The first-order valence-electron chi connectivity index (χ1n) is 11.8. The monoisotopic (exact) mass is 596 g/mol. The molecule has 0 fully saturated rings. The first-order chi connectivity index (χ1) is 19.1. The summed E-state index contributed by atoms with van der Waals surface area (Å²) in [5.41, 5.74) is 9.89. The predicted molar refractivity (Wildman–Crippen MR) is 144 cm³/mol. The normalized spacial score (nSPS) is 12.0. The number of nitrogens with one attached hydrogen (secondary N) is 1. The number of carbonyl (C=O) groups is 2.